The number of rotatable bonds is 4. The number of thioether (sulfide) groups is 1. The summed E-state index contributed by atoms with van der Waals surface area (Å²) in [5.41, 5.74) is 3.26. The monoisotopic (exact) mass is 285 g/mol. The number of anilines is 1. The van der Waals surface area contributed by atoms with Gasteiger partial charge in [0.25, 0.3) is 0 Å². The normalized spacial score (nSPS) is 11.9. The van der Waals surface area contributed by atoms with Gasteiger partial charge in [-0.1, -0.05) is 35.4 Å². The minimum atomic E-state index is -0.126. The highest BCUT2D eigenvalue weighted by atomic mass is 32.2. The molecule has 1 amide bonds. The predicted octanol–water partition coefficient (Wildman–Crippen LogP) is 4.42. The van der Waals surface area contributed by atoms with Crippen LogP contribution in [-0.2, 0) is 4.79 Å². The van der Waals surface area contributed by atoms with E-state index in [9.17, 15) is 4.79 Å². The lowest BCUT2D eigenvalue weighted by Crippen LogP contribution is -2.22. The average Bonchev–Trinajstić information content (AvgIpc) is 2.44. The van der Waals surface area contributed by atoms with Gasteiger partial charge in [-0.2, -0.15) is 0 Å². The standard InChI is InChI=1S/C17H19NOS/c1-12-4-8-15(9-5-12)18-17(19)14(3)20-16-10-6-13(2)7-11-16/h4-11,14H,1-3H3,(H,18,19). The number of carbonyl (C=O) groups is 1. The molecule has 0 saturated heterocycles. The molecule has 2 nitrogen and oxygen atoms in total. The third-order valence-electron chi connectivity index (χ3n) is 3.02. The summed E-state index contributed by atoms with van der Waals surface area (Å²) in [5, 5.41) is 2.81. The zero-order valence-electron chi connectivity index (χ0n) is 12.0. The Bertz CT molecular complexity index is 575. The van der Waals surface area contributed by atoms with Crippen LogP contribution in [-0.4, -0.2) is 11.2 Å². The van der Waals surface area contributed by atoms with Gasteiger partial charge in [-0.3, -0.25) is 4.79 Å². The van der Waals surface area contributed by atoms with Crippen molar-refractivity contribution in [2.75, 3.05) is 5.32 Å². The van der Waals surface area contributed by atoms with E-state index in [0.29, 0.717) is 0 Å². The largest absolute Gasteiger partial charge is 0.325 e. The van der Waals surface area contributed by atoms with Crippen LogP contribution in [0, 0.1) is 13.8 Å². The van der Waals surface area contributed by atoms with E-state index in [1.165, 1.54) is 11.1 Å². The number of aryl methyl sites for hydroxylation is 2. The summed E-state index contributed by atoms with van der Waals surface area (Å²) >= 11 is 1.57. The van der Waals surface area contributed by atoms with E-state index in [-0.39, 0.29) is 11.2 Å². The smallest absolute Gasteiger partial charge is 0.237 e. The lowest BCUT2D eigenvalue weighted by Gasteiger charge is -2.12. The lowest BCUT2D eigenvalue weighted by atomic mass is 10.2. The Morgan fingerprint density at radius 2 is 1.45 bits per heavy atom. The van der Waals surface area contributed by atoms with E-state index >= 15 is 0 Å². The summed E-state index contributed by atoms with van der Waals surface area (Å²) in [7, 11) is 0. The fraction of sp³-hybridized carbons (Fsp3) is 0.235. The van der Waals surface area contributed by atoms with Gasteiger partial charge >= 0.3 is 0 Å². The van der Waals surface area contributed by atoms with Crippen LogP contribution in [0.1, 0.15) is 18.1 Å². The maximum Gasteiger partial charge on any atom is 0.237 e. The van der Waals surface area contributed by atoms with Crippen LogP contribution in [0.15, 0.2) is 53.4 Å². The molecule has 104 valence electrons. The number of benzene rings is 2. The maximum atomic E-state index is 12.1. The molecule has 0 aliphatic carbocycles. The van der Waals surface area contributed by atoms with E-state index in [1.54, 1.807) is 11.8 Å². The lowest BCUT2D eigenvalue weighted by molar-refractivity contribution is -0.115. The zero-order valence-corrected chi connectivity index (χ0v) is 12.8. The van der Waals surface area contributed by atoms with E-state index in [1.807, 2.05) is 38.1 Å². The van der Waals surface area contributed by atoms with Crippen molar-refractivity contribution in [3.05, 3.63) is 59.7 Å². The van der Waals surface area contributed by atoms with Gasteiger partial charge in [0, 0.05) is 10.6 Å². The Kier molecular flexibility index (Phi) is 4.85. The SMILES string of the molecule is Cc1ccc(NC(=O)C(C)Sc2ccc(C)cc2)cc1. The molecule has 1 N–H and O–H groups in total. The Morgan fingerprint density at radius 3 is 2.00 bits per heavy atom. The Balaban J connectivity index is 1.94. The fourth-order valence-electron chi connectivity index (χ4n) is 1.76. The second kappa shape index (κ2) is 6.62. The molecule has 1 atom stereocenters. The highest BCUT2D eigenvalue weighted by molar-refractivity contribution is 8.00. The van der Waals surface area contributed by atoms with Crippen LogP contribution in [0.3, 0.4) is 0 Å². The number of carbonyl (C=O) groups excluding carboxylic acids is 1. The van der Waals surface area contributed by atoms with Gasteiger partial charge < -0.3 is 5.32 Å². The van der Waals surface area contributed by atoms with E-state index in [2.05, 4.69) is 36.5 Å². The zero-order chi connectivity index (χ0) is 14.5. The predicted molar refractivity (Wildman–Crippen MR) is 86.3 cm³/mol. The van der Waals surface area contributed by atoms with Crippen LogP contribution in [0.2, 0.25) is 0 Å². The molecule has 0 fully saturated rings. The highest BCUT2D eigenvalue weighted by Crippen LogP contribution is 2.24. The molecule has 1 unspecified atom stereocenters. The van der Waals surface area contributed by atoms with Gasteiger partial charge in [-0.25, -0.2) is 0 Å². The summed E-state index contributed by atoms with van der Waals surface area (Å²) in [6.07, 6.45) is 0. The third kappa shape index (κ3) is 4.14. The first-order chi connectivity index (χ1) is 9.54. The quantitative estimate of drug-likeness (QED) is 0.842. The average molecular weight is 285 g/mol. The summed E-state index contributed by atoms with van der Waals surface area (Å²) < 4.78 is 0. The summed E-state index contributed by atoms with van der Waals surface area (Å²) in [6.45, 7) is 6.01. The van der Waals surface area contributed by atoms with Crippen molar-refractivity contribution in [2.24, 2.45) is 0 Å². The fourth-order valence-corrected chi connectivity index (χ4v) is 2.62. The summed E-state index contributed by atoms with van der Waals surface area (Å²) in [6, 6.07) is 16.1. The van der Waals surface area contributed by atoms with Crippen LogP contribution in [0.4, 0.5) is 5.69 Å². The second-order valence-electron chi connectivity index (χ2n) is 4.93. The number of hydrogen-bond acceptors (Lipinski definition) is 2. The highest BCUT2D eigenvalue weighted by Gasteiger charge is 2.14. The Labute approximate surface area is 124 Å². The molecule has 2 aromatic carbocycles. The van der Waals surface area contributed by atoms with Gasteiger partial charge in [-0.15, -0.1) is 11.8 Å². The van der Waals surface area contributed by atoms with Crippen molar-refractivity contribution in [1.29, 1.82) is 0 Å². The molecule has 3 heteroatoms. The molecule has 0 aromatic heterocycles. The molecule has 0 bridgehead atoms. The molecule has 0 saturated carbocycles. The minimum absolute atomic E-state index is 0.0272. The topological polar surface area (TPSA) is 29.1 Å². The van der Waals surface area contributed by atoms with Crippen LogP contribution in [0.5, 0.6) is 0 Å². The molecule has 0 aliphatic heterocycles. The molecule has 2 aromatic rings. The van der Waals surface area contributed by atoms with Crippen LogP contribution < -0.4 is 5.32 Å². The molecule has 0 spiro atoms. The first-order valence-electron chi connectivity index (χ1n) is 6.65. The van der Waals surface area contributed by atoms with Gasteiger partial charge in [0.2, 0.25) is 5.91 Å². The second-order valence-corrected chi connectivity index (χ2v) is 6.34. The molecular formula is C17H19NOS. The van der Waals surface area contributed by atoms with Gasteiger partial charge in [-0.05, 0) is 45.0 Å². The van der Waals surface area contributed by atoms with Gasteiger partial charge in [0.1, 0.15) is 0 Å². The summed E-state index contributed by atoms with van der Waals surface area (Å²) in [4.78, 5) is 13.2. The minimum Gasteiger partial charge on any atom is -0.325 e. The van der Waals surface area contributed by atoms with Crippen LogP contribution >= 0.6 is 11.8 Å². The molecule has 20 heavy (non-hydrogen) atoms. The van der Waals surface area contributed by atoms with Crippen molar-refractivity contribution in [3.63, 3.8) is 0 Å². The van der Waals surface area contributed by atoms with Gasteiger partial charge in [0.05, 0.1) is 5.25 Å². The van der Waals surface area contributed by atoms with E-state index in [4.69, 9.17) is 0 Å². The van der Waals surface area contributed by atoms with Crippen molar-refractivity contribution in [1.82, 2.24) is 0 Å². The summed E-state index contributed by atoms with van der Waals surface area (Å²) in [5.74, 6) is 0.0272. The van der Waals surface area contributed by atoms with Gasteiger partial charge in [0.15, 0.2) is 0 Å². The van der Waals surface area contributed by atoms with Crippen molar-refractivity contribution in [2.45, 2.75) is 30.9 Å². The van der Waals surface area contributed by atoms with Crippen molar-refractivity contribution in [3.8, 4) is 0 Å². The molecular weight excluding hydrogens is 266 g/mol. The number of amides is 1. The Morgan fingerprint density at radius 1 is 0.950 bits per heavy atom. The van der Waals surface area contributed by atoms with Crippen molar-refractivity contribution < 1.29 is 4.79 Å². The van der Waals surface area contributed by atoms with Crippen LogP contribution in [0.25, 0.3) is 0 Å². The van der Waals surface area contributed by atoms with E-state index < -0.39 is 0 Å². The Hall–Kier alpha value is -1.74. The third-order valence-corrected chi connectivity index (χ3v) is 4.13. The molecule has 0 heterocycles. The first-order valence-corrected chi connectivity index (χ1v) is 7.53. The first kappa shape index (κ1) is 14.7. The number of hydrogen-bond donors (Lipinski definition) is 1. The van der Waals surface area contributed by atoms with Crippen molar-refractivity contribution >= 4 is 23.4 Å². The molecule has 2 rings (SSSR count). The maximum absolute atomic E-state index is 12.1. The molecule has 0 aliphatic rings. The van der Waals surface area contributed by atoms with E-state index in [0.717, 1.165) is 10.6 Å². The molecule has 0 radical (unpaired) electrons. The number of nitrogens with one attached hydrogen (secondary N) is 1.